The van der Waals surface area contributed by atoms with Crippen LogP contribution in [0.25, 0.3) is 0 Å². The summed E-state index contributed by atoms with van der Waals surface area (Å²) in [5.74, 6) is -5.13. The molecule has 0 fully saturated rings. The zero-order valence-electron chi connectivity index (χ0n) is 11.1. The molecule has 1 aromatic carbocycles. The highest BCUT2D eigenvalue weighted by Gasteiger charge is 2.16. The largest absolute Gasteiger partial charge is 0.384 e. The van der Waals surface area contributed by atoms with Crippen molar-refractivity contribution in [3.05, 3.63) is 53.6 Å². The molecular weight excluding hydrogens is 283 g/mol. The molecule has 1 aromatic heterocycles. The van der Waals surface area contributed by atoms with Crippen LogP contribution < -0.4 is 10.6 Å². The Kier molecular flexibility index (Phi) is 4.42. The Hall–Kier alpha value is -2.57. The molecule has 2 rings (SSSR count). The van der Waals surface area contributed by atoms with E-state index in [9.17, 15) is 18.0 Å². The van der Waals surface area contributed by atoms with Crippen LogP contribution in [0.4, 0.5) is 24.5 Å². The minimum absolute atomic E-state index is 0.0285. The molecule has 1 heterocycles. The summed E-state index contributed by atoms with van der Waals surface area (Å²) in [6.45, 7) is 2.61. The Labute approximate surface area is 119 Å². The van der Waals surface area contributed by atoms with E-state index in [0.29, 0.717) is 6.54 Å². The molecule has 0 radical (unpaired) electrons. The molecule has 2 N–H and O–H groups in total. The first-order valence-corrected chi connectivity index (χ1v) is 6.17. The van der Waals surface area contributed by atoms with Gasteiger partial charge in [0.1, 0.15) is 5.69 Å². The summed E-state index contributed by atoms with van der Waals surface area (Å²) in [6.07, 6.45) is 1.44. The van der Waals surface area contributed by atoms with Crippen LogP contribution in [0.2, 0.25) is 0 Å². The van der Waals surface area contributed by atoms with E-state index in [4.69, 9.17) is 0 Å². The van der Waals surface area contributed by atoms with Gasteiger partial charge in [-0.1, -0.05) is 0 Å². The van der Waals surface area contributed by atoms with E-state index in [-0.39, 0.29) is 5.69 Å². The van der Waals surface area contributed by atoms with Crippen molar-refractivity contribution in [1.82, 2.24) is 4.98 Å². The first-order valence-electron chi connectivity index (χ1n) is 6.17. The van der Waals surface area contributed by atoms with Crippen molar-refractivity contribution in [1.29, 1.82) is 0 Å². The summed E-state index contributed by atoms with van der Waals surface area (Å²) < 4.78 is 39.3. The molecule has 0 unspecified atom stereocenters. The van der Waals surface area contributed by atoms with Crippen molar-refractivity contribution in [3.63, 3.8) is 0 Å². The standard InChI is InChI=1S/C14H12F3N3O/c1-2-18-8-3-5-11(19-7-8)14(21)20-10-6-4-9(15)12(16)13(10)17/h3-7,18H,2H2,1H3,(H,20,21). The third-order valence-corrected chi connectivity index (χ3v) is 2.66. The fourth-order valence-electron chi connectivity index (χ4n) is 1.65. The van der Waals surface area contributed by atoms with Gasteiger partial charge < -0.3 is 10.6 Å². The van der Waals surface area contributed by atoms with E-state index in [1.807, 2.05) is 6.92 Å². The second kappa shape index (κ2) is 6.25. The zero-order chi connectivity index (χ0) is 15.4. The lowest BCUT2D eigenvalue weighted by Gasteiger charge is -2.07. The number of rotatable bonds is 4. The number of carbonyl (C=O) groups excluding carboxylic acids is 1. The molecule has 0 saturated heterocycles. The number of pyridine rings is 1. The lowest BCUT2D eigenvalue weighted by atomic mass is 10.2. The zero-order valence-corrected chi connectivity index (χ0v) is 11.1. The van der Waals surface area contributed by atoms with Crippen molar-refractivity contribution in [2.75, 3.05) is 17.2 Å². The molecule has 21 heavy (non-hydrogen) atoms. The highest BCUT2D eigenvalue weighted by atomic mass is 19.2. The summed E-state index contributed by atoms with van der Waals surface area (Å²) in [7, 11) is 0. The Morgan fingerprint density at radius 2 is 1.90 bits per heavy atom. The lowest BCUT2D eigenvalue weighted by Crippen LogP contribution is -2.15. The molecular formula is C14H12F3N3O. The highest BCUT2D eigenvalue weighted by Crippen LogP contribution is 2.20. The van der Waals surface area contributed by atoms with Gasteiger partial charge in [-0.15, -0.1) is 0 Å². The van der Waals surface area contributed by atoms with E-state index >= 15 is 0 Å². The Morgan fingerprint density at radius 1 is 1.14 bits per heavy atom. The van der Waals surface area contributed by atoms with Gasteiger partial charge in [-0.05, 0) is 31.2 Å². The van der Waals surface area contributed by atoms with E-state index in [2.05, 4.69) is 15.6 Å². The Balaban J connectivity index is 2.16. The van der Waals surface area contributed by atoms with Crippen LogP contribution in [0.3, 0.4) is 0 Å². The first kappa shape index (κ1) is 14.8. The number of hydrogen-bond acceptors (Lipinski definition) is 3. The number of nitrogens with one attached hydrogen (secondary N) is 2. The summed E-state index contributed by atoms with van der Waals surface area (Å²) in [6, 6.07) is 4.74. The SMILES string of the molecule is CCNc1ccc(C(=O)Nc2ccc(F)c(F)c2F)nc1. The van der Waals surface area contributed by atoms with Crippen LogP contribution in [0, 0.1) is 17.5 Å². The Morgan fingerprint density at radius 3 is 2.52 bits per heavy atom. The molecule has 7 heteroatoms. The number of carbonyl (C=O) groups is 1. The summed E-state index contributed by atoms with van der Waals surface area (Å²) >= 11 is 0. The lowest BCUT2D eigenvalue weighted by molar-refractivity contribution is 0.102. The van der Waals surface area contributed by atoms with Gasteiger partial charge in [0.25, 0.3) is 5.91 Å². The number of anilines is 2. The number of aromatic nitrogens is 1. The van der Waals surface area contributed by atoms with Crippen molar-refractivity contribution in [2.24, 2.45) is 0 Å². The monoisotopic (exact) mass is 295 g/mol. The number of hydrogen-bond donors (Lipinski definition) is 2. The van der Waals surface area contributed by atoms with Crippen LogP contribution in [-0.2, 0) is 0 Å². The quantitative estimate of drug-likeness (QED) is 0.852. The highest BCUT2D eigenvalue weighted by molar-refractivity contribution is 6.03. The van der Waals surface area contributed by atoms with Gasteiger partial charge in [0.05, 0.1) is 17.6 Å². The van der Waals surface area contributed by atoms with Crippen molar-refractivity contribution < 1.29 is 18.0 Å². The Bertz CT molecular complexity index is 659. The van der Waals surface area contributed by atoms with E-state index in [1.165, 1.54) is 12.3 Å². The van der Waals surface area contributed by atoms with E-state index in [0.717, 1.165) is 17.8 Å². The maximum Gasteiger partial charge on any atom is 0.274 e. The molecule has 4 nitrogen and oxygen atoms in total. The molecule has 0 saturated carbocycles. The maximum absolute atomic E-state index is 13.4. The number of nitrogens with zero attached hydrogens (tertiary/aromatic N) is 1. The molecule has 2 aromatic rings. The fourth-order valence-corrected chi connectivity index (χ4v) is 1.65. The van der Waals surface area contributed by atoms with Crippen LogP contribution in [0.15, 0.2) is 30.5 Å². The average molecular weight is 295 g/mol. The molecule has 0 aliphatic carbocycles. The third kappa shape index (κ3) is 3.31. The maximum atomic E-state index is 13.4. The summed E-state index contributed by atoms with van der Waals surface area (Å²) in [4.78, 5) is 15.8. The number of amides is 1. The summed E-state index contributed by atoms with van der Waals surface area (Å²) in [5.41, 5.74) is 0.310. The van der Waals surface area contributed by atoms with Gasteiger partial charge in [-0.3, -0.25) is 4.79 Å². The molecule has 0 aliphatic rings. The molecule has 0 spiro atoms. The van der Waals surface area contributed by atoms with Gasteiger partial charge in [-0.2, -0.15) is 0 Å². The number of halogens is 3. The topological polar surface area (TPSA) is 54.0 Å². The van der Waals surface area contributed by atoms with E-state index in [1.54, 1.807) is 6.07 Å². The smallest absolute Gasteiger partial charge is 0.274 e. The third-order valence-electron chi connectivity index (χ3n) is 2.66. The molecule has 1 amide bonds. The normalized spacial score (nSPS) is 10.3. The first-order chi connectivity index (χ1) is 10.0. The van der Waals surface area contributed by atoms with Gasteiger partial charge in [-0.25, -0.2) is 18.2 Å². The van der Waals surface area contributed by atoms with Crippen LogP contribution in [0.5, 0.6) is 0 Å². The average Bonchev–Trinajstić information content (AvgIpc) is 2.49. The van der Waals surface area contributed by atoms with Gasteiger partial charge in [0.15, 0.2) is 17.5 Å². The molecule has 0 bridgehead atoms. The molecule has 0 atom stereocenters. The van der Waals surface area contributed by atoms with Crippen molar-refractivity contribution in [3.8, 4) is 0 Å². The van der Waals surface area contributed by atoms with Gasteiger partial charge in [0.2, 0.25) is 0 Å². The van der Waals surface area contributed by atoms with Crippen LogP contribution in [-0.4, -0.2) is 17.4 Å². The predicted octanol–water partition coefficient (Wildman–Crippen LogP) is 3.18. The summed E-state index contributed by atoms with van der Waals surface area (Å²) in [5, 5.41) is 5.14. The van der Waals surface area contributed by atoms with Crippen LogP contribution in [0.1, 0.15) is 17.4 Å². The van der Waals surface area contributed by atoms with Crippen molar-refractivity contribution >= 4 is 17.3 Å². The van der Waals surface area contributed by atoms with Gasteiger partial charge in [0, 0.05) is 6.54 Å². The molecule has 110 valence electrons. The second-order valence-corrected chi connectivity index (χ2v) is 4.14. The second-order valence-electron chi connectivity index (χ2n) is 4.14. The van der Waals surface area contributed by atoms with Crippen LogP contribution >= 0.6 is 0 Å². The predicted molar refractivity (Wildman–Crippen MR) is 72.7 cm³/mol. The van der Waals surface area contributed by atoms with Gasteiger partial charge >= 0.3 is 0 Å². The van der Waals surface area contributed by atoms with Crippen molar-refractivity contribution in [2.45, 2.75) is 6.92 Å². The minimum atomic E-state index is -1.64. The number of benzene rings is 1. The fraction of sp³-hybridized carbons (Fsp3) is 0.143. The minimum Gasteiger partial charge on any atom is -0.384 e. The molecule has 0 aliphatic heterocycles. The van der Waals surface area contributed by atoms with E-state index < -0.39 is 29.0 Å².